The number of hydrogen-bond acceptors (Lipinski definition) is 2. The van der Waals surface area contributed by atoms with Crippen LogP contribution in [0.3, 0.4) is 0 Å². The van der Waals surface area contributed by atoms with E-state index in [9.17, 15) is 0 Å². The van der Waals surface area contributed by atoms with Gasteiger partial charge in [-0.1, -0.05) is 38.1 Å². The van der Waals surface area contributed by atoms with Crippen molar-refractivity contribution >= 4 is 0 Å². The Bertz CT molecular complexity index is 356. The summed E-state index contributed by atoms with van der Waals surface area (Å²) in [6, 6.07) is 9.75. The SMILES string of the molecule is CCCN(C(C)C)C(C)C(N)c1ccc(CC)cc1. The smallest absolute Gasteiger partial charge is 0.0450 e. The molecule has 0 bridgehead atoms. The third-order valence-electron chi connectivity index (χ3n) is 3.96. The number of hydrogen-bond donors (Lipinski definition) is 1. The molecule has 108 valence electrons. The van der Waals surface area contributed by atoms with Crippen LogP contribution in [0.5, 0.6) is 0 Å². The molecule has 2 heteroatoms. The molecule has 1 aromatic carbocycles. The van der Waals surface area contributed by atoms with Crippen LogP contribution < -0.4 is 5.73 Å². The fourth-order valence-corrected chi connectivity index (χ4v) is 2.65. The second-order valence-electron chi connectivity index (χ2n) is 5.69. The molecule has 2 nitrogen and oxygen atoms in total. The summed E-state index contributed by atoms with van der Waals surface area (Å²) in [4.78, 5) is 2.50. The maximum absolute atomic E-state index is 6.46. The molecule has 0 aliphatic carbocycles. The Kier molecular flexibility index (Phi) is 6.53. The number of rotatable bonds is 7. The monoisotopic (exact) mass is 262 g/mol. The van der Waals surface area contributed by atoms with E-state index in [1.807, 2.05) is 0 Å². The molecule has 1 aromatic rings. The highest BCUT2D eigenvalue weighted by atomic mass is 15.2. The van der Waals surface area contributed by atoms with E-state index >= 15 is 0 Å². The molecule has 0 aromatic heterocycles. The van der Waals surface area contributed by atoms with Crippen molar-refractivity contribution in [1.82, 2.24) is 4.90 Å². The fourth-order valence-electron chi connectivity index (χ4n) is 2.65. The molecule has 0 radical (unpaired) electrons. The zero-order chi connectivity index (χ0) is 14.4. The minimum Gasteiger partial charge on any atom is -0.323 e. The quantitative estimate of drug-likeness (QED) is 0.810. The summed E-state index contributed by atoms with van der Waals surface area (Å²) in [5.74, 6) is 0. The van der Waals surface area contributed by atoms with Gasteiger partial charge in [0.15, 0.2) is 0 Å². The Morgan fingerprint density at radius 1 is 1.05 bits per heavy atom. The molecule has 0 fully saturated rings. The summed E-state index contributed by atoms with van der Waals surface area (Å²) in [6.07, 6.45) is 2.25. The van der Waals surface area contributed by atoms with Crippen molar-refractivity contribution in [1.29, 1.82) is 0 Å². The van der Waals surface area contributed by atoms with Gasteiger partial charge < -0.3 is 5.73 Å². The van der Waals surface area contributed by atoms with Crippen LogP contribution in [0, 0.1) is 0 Å². The minimum atomic E-state index is 0.0832. The molecule has 0 spiro atoms. The van der Waals surface area contributed by atoms with Gasteiger partial charge in [-0.2, -0.15) is 0 Å². The Hall–Kier alpha value is -0.860. The van der Waals surface area contributed by atoms with E-state index in [1.54, 1.807) is 0 Å². The third-order valence-corrected chi connectivity index (χ3v) is 3.96. The molecular formula is C17H30N2. The Morgan fingerprint density at radius 3 is 2.05 bits per heavy atom. The molecule has 2 unspecified atom stereocenters. The van der Waals surface area contributed by atoms with E-state index in [2.05, 4.69) is 63.8 Å². The first-order chi connectivity index (χ1) is 9.01. The predicted octanol–water partition coefficient (Wildman–Crippen LogP) is 3.76. The Morgan fingerprint density at radius 2 is 1.63 bits per heavy atom. The van der Waals surface area contributed by atoms with Crippen molar-refractivity contribution in [2.45, 2.75) is 65.6 Å². The highest BCUT2D eigenvalue weighted by Crippen LogP contribution is 2.21. The van der Waals surface area contributed by atoms with Gasteiger partial charge in [0.2, 0.25) is 0 Å². The molecule has 0 aliphatic heterocycles. The maximum Gasteiger partial charge on any atom is 0.0450 e. The highest BCUT2D eigenvalue weighted by Gasteiger charge is 2.23. The van der Waals surface area contributed by atoms with Crippen LogP contribution >= 0.6 is 0 Å². The lowest BCUT2D eigenvalue weighted by Crippen LogP contribution is -2.45. The van der Waals surface area contributed by atoms with Gasteiger partial charge in [-0.15, -0.1) is 0 Å². The van der Waals surface area contributed by atoms with Gasteiger partial charge in [-0.05, 0) is 51.3 Å². The molecule has 1 rings (SSSR count). The maximum atomic E-state index is 6.46. The van der Waals surface area contributed by atoms with Crippen molar-refractivity contribution in [3.8, 4) is 0 Å². The van der Waals surface area contributed by atoms with E-state index in [0.29, 0.717) is 12.1 Å². The second kappa shape index (κ2) is 7.66. The summed E-state index contributed by atoms with van der Waals surface area (Å²) in [5.41, 5.74) is 9.07. The number of aryl methyl sites for hydroxylation is 1. The molecule has 0 saturated carbocycles. The molecule has 0 heterocycles. The Labute approximate surface area is 119 Å². The lowest BCUT2D eigenvalue weighted by molar-refractivity contribution is 0.143. The molecule has 19 heavy (non-hydrogen) atoms. The Balaban J connectivity index is 2.80. The van der Waals surface area contributed by atoms with Gasteiger partial charge in [0.25, 0.3) is 0 Å². The van der Waals surface area contributed by atoms with E-state index in [-0.39, 0.29) is 6.04 Å². The van der Waals surface area contributed by atoms with Gasteiger partial charge in [-0.3, -0.25) is 4.90 Å². The van der Waals surface area contributed by atoms with Crippen LogP contribution in [0.25, 0.3) is 0 Å². The molecule has 2 atom stereocenters. The largest absolute Gasteiger partial charge is 0.323 e. The lowest BCUT2D eigenvalue weighted by atomic mass is 9.97. The summed E-state index contributed by atoms with van der Waals surface area (Å²) in [5, 5.41) is 0. The molecule has 2 N–H and O–H groups in total. The van der Waals surface area contributed by atoms with E-state index in [0.717, 1.165) is 13.0 Å². The van der Waals surface area contributed by atoms with Crippen molar-refractivity contribution in [3.63, 3.8) is 0 Å². The van der Waals surface area contributed by atoms with E-state index in [1.165, 1.54) is 17.5 Å². The van der Waals surface area contributed by atoms with Gasteiger partial charge in [-0.25, -0.2) is 0 Å². The van der Waals surface area contributed by atoms with Crippen LogP contribution in [0.15, 0.2) is 24.3 Å². The first-order valence-corrected chi connectivity index (χ1v) is 7.61. The van der Waals surface area contributed by atoms with Crippen LogP contribution in [0.4, 0.5) is 0 Å². The number of nitrogens with zero attached hydrogens (tertiary/aromatic N) is 1. The first-order valence-electron chi connectivity index (χ1n) is 7.61. The molecule has 0 aliphatic rings. The lowest BCUT2D eigenvalue weighted by Gasteiger charge is -2.36. The average molecular weight is 262 g/mol. The first kappa shape index (κ1) is 16.2. The molecular weight excluding hydrogens is 232 g/mol. The van der Waals surface area contributed by atoms with Crippen molar-refractivity contribution in [2.75, 3.05) is 6.54 Å². The van der Waals surface area contributed by atoms with Gasteiger partial charge in [0, 0.05) is 18.1 Å². The van der Waals surface area contributed by atoms with E-state index < -0.39 is 0 Å². The zero-order valence-electron chi connectivity index (χ0n) is 13.2. The normalized spacial score (nSPS) is 14.9. The zero-order valence-corrected chi connectivity index (χ0v) is 13.2. The standard InChI is InChI=1S/C17H30N2/c1-6-12-19(13(3)4)14(5)17(18)16-10-8-15(7-2)9-11-16/h8-11,13-14,17H,6-7,12,18H2,1-5H3. The van der Waals surface area contributed by atoms with Gasteiger partial charge >= 0.3 is 0 Å². The van der Waals surface area contributed by atoms with Gasteiger partial charge in [0.05, 0.1) is 0 Å². The predicted molar refractivity (Wildman–Crippen MR) is 84.3 cm³/mol. The van der Waals surface area contributed by atoms with E-state index in [4.69, 9.17) is 5.73 Å². The third kappa shape index (κ3) is 4.32. The number of nitrogens with two attached hydrogens (primary N) is 1. The van der Waals surface area contributed by atoms with Crippen molar-refractivity contribution in [2.24, 2.45) is 5.73 Å². The molecule has 0 saturated heterocycles. The fraction of sp³-hybridized carbons (Fsp3) is 0.647. The summed E-state index contributed by atoms with van der Waals surface area (Å²) < 4.78 is 0. The highest BCUT2D eigenvalue weighted by molar-refractivity contribution is 5.25. The summed E-state index contributed by atoms with van der Waals surface area (Å²) in [7, 11) is 0. The van der Waals surface area contributed by atoms with Gasteiger partial charge in [0.1, 0.15) is 0 Å². The summed E-state index contributed by atoms with van der Waals surface area (Å²) in [6.45, 7) is 12.3. The van der Waals surface area contributed by atoms with Crippen molar-refractivity contribution in [3.05, 3.63) is 35.4 Å². The average Bonchev–Trinajstić information content (AvgIpc) is 2.43. The van der Waals surface area contributed by atoms with Crippen LogP contribution in [0.1, 0.15) is 58.2 Å². The summed E-state index contributed by atoms with van der Waals surface area (Å²) >= 11 is 0. The number of benzene rings is 1. The topological polar surface area (TPSA) is 29.3 Å². The van der Waals surface area contributed by atoms with Crippen LogP contribution in [0.2, 0.25) is 0 Å². The van der Waals surface area contributed by atoms with Crippen LogP contribution in [-0.4, -0.2) is 23.5 Å². The minimum absolute atomic E-state index is 0.0832. The van der Waals surface area contributed by atoms with Crippen LogP contribution in [-0.2, 0) is 6.42 Å². The molecule has 0 amide bonds. The second-order valence-corrected chi connectivity index (χ2v) is 5.69. The van der Waals surface area contributed by atoms with Crippen molar-refractivity contribution < 1.29 is 0 Å².